The third-order valence-electron chi connectivity index (χ3n) is 5.83. The molecule has 2 heterocycles. The summed E-state index contributed by atoms with van der Waals surface area (Å²) in [6, 6.07) is 3.71. The summed E-state index contributed by atoms with van der Waals surface area (Å²) in [5.41, 5.74) is 3.05. The summed E-state index contributed by atoms with van der Waals surface area (Å²) >= 11 is 0. The van der Waals surface area contributed by atoms with Gasteiger partial charge in [-0.2, -0.15) is 18.3 Å². The van der Waals surface area contributed by atoms with Crippen molar-refractivity contribution in [2.45, 2.75) is 37.5 Å². The lowest BCUT2D eigenvalue weighted by molar-refractivity contribution is -0.137. The molecule has 3 aromatic rings. The van der Waals surface area contributed by atoms with E-state index in [0.717, 1.165) is 22.9 Å². The number of nitrogens with two attached hydrogens (primary N) is 1. The number of alkyl halides is 4. The highest BCUT2D eigenvalue weighted by Crippen LogP contribution is 2.43. The minimum atomic E-state index is -4.56. The van der Waals surface area contributed by atoms with Crippen LogP contribution in [0.2, 0.25) is 0 Å². The van der Waals surface area contributed by atoms with Gasteiger partial charge in [-0.05, 0) is 43.5 Å². The van der Waals surface area contributed by atoms with Gasteiger partial charge in [0.05, 0.1) is 22.5 Å². The van der Waals surface area contributed by atoms with Gasteiger partial charge >= 0.3 is 6.18 Å². The van der Waals surface area contributed by atoms with Crippen molar-refractivity contribution in [3.63, 3.8) is 0 Å². The van der Waals surface area contributed by atoms with E-state index in [1.165, 1.54) is 23.9 Å². The smallest absolute Gasteiger partial charge is 0.399 e. The lowest BCUT2D eigenvalue weighted by Gasteiger charge is -2.20. The number of aromatic nitrogens is 3. The van der Waals surface area contributed by atoms with Crippen LogP contribution >= 0.6 is 0 Å². The Bertz CT molecular complexity index is 1320. The number of nitrogens with zero attached hydrogens (tertiary/aromatic N) is 3. The third-order valence-corrected chi connectivity index (χ3v) is 5.83. The van der Waals surface area contributed by atoms with Gasteiger partial charge in [0, 0.05) is 30.4 Å². The van der Waals surface area contributed by atoms with Crippen LogP contribution in [-0.2, 0) is 18.8 Å². The molecule has 3 N–H and O–H groups in total. The predicted octanol–water partition coefficient (Wildman–Crippen LogP) is 3.33. The van der Waals surface area contributed by atoms with Crippen LogP contribution in [0.25, 0.3) is 10.8 Å². The average molecular weight is 451 g/mol. The fourth-order valence-corrected chi connectivity index (χ4v) is 3.76. The average Bonchev–Trinajstić information content (AvgIpc) is 3.51. The first-order valence-electron chi connectivity index (χ1n) is 9.89. The first-order valence-corrected chi connectivity index (χ1v) is 9.89. The molecule has 0 radical (unpaired) electrons. The number of anilines is 2. The molecule has 1 aliphatic rings. The maximum absolute atomic E-state index is 13.6. The van der Waals surface area contributed by atoms with Crippen LogP contribution in [0.4, 0.5) is 29.1 Å². The van der Waals surface area contributed by atoms with Gasteiger partial charge in [0.15, 0.2) is 5.82 Å². The van der Waals surface area contributed by atoms with Gasteiger partial charge < -0.3 is 15.6 Å². The van der Waals surface area contributed by atoms with Gasteiger partial charge in [0.1, 0.15) is 6.67 Å². The largest absolute Gasteiger partial charge is 0.416 e. The van der Waals surface area contributed by atoms with Crippen molar-refractivity contribution in [3.05, 3.63) is 62.3 Å². The monoisotopic (exact) mass is 451 g/mol. The van der Waals surface area contributed by atoms with Crippen LogP contribution in [0.1, 0.15) is 36.9 Å². The first kappa shape index (κ1) is 21.8. The van der Waals surface area contributed by atoms with E-state index in [1.807, 2.05) is 0 Å². The number of nitrogens with one attached hydrogen (secondary N) is 1. The van der Waals surface area contributed by atoms with Gasteiger partial charge in [-0.1, -0.05) is 0 Å². The number of halogens is 4. The van der Waals surface area contributed by atoms with Crippen molar-refractivity contribution < 1.29 is 17.6 Å². The fraction of sp³-hybridized carbons (Fsp3) is 0.381. The van der Waals surface area contributed by atoms with E-state index in [-0.39, 0.29) is 27.8 Å². The number of benzene rings is 1. The number of hydrogen-bond donors (Lipinski definition) is 2. The topological polar surface area (TPSA) is 94.9 Å². The highest BCUT2D eigenvalue weighted by Gasteiger charge is 2.45. The maximum atomic E-state index is 13.6. The molecule has 0 bridgehead atoms. The van der Waals surface area contributed by atoms with Crippen LogP contribution in [0.5, 0.6) is 0 Å². The lowest BCUT2D eigenvalue weighted by Crippen LogP contribution is -2.33. The number of rotatable bonds is 5. The Morgan fingerprint density at radius 2 is 1.88 bits per heavy atom. The lowest BCUT2D eigenvalue weighted by atomic mass is 10.0. The molecule has 7 nitrogen and oxygen atoms in total. The zero-order chi connectivity index (χ0) is 23.4. The SMILES string of the molecule is C[C@@H](Nc1nn(C)c(=O)c2cc(=O)n(C3(CF)CC3)cc12)c1cc(N)cc(C(F)(F)F)c1. The Morgan fingerprint density at radius 3 is 2.47 bits per heavy atom. The van der Waals surface area contributed by atoms with E-state index in [2.05, 4.69) is 10.4 Å². The van der Waals surface area contributed by atoms with Crippen molar-refractivity contribution in [2.24, 2.45) is 7.05 Å². The number of nitrogen functional groups attached to an aromatic ring is 1. The molecule has 1 fully saturated rings. The zero-order valence-electron chi connectivity index (χ0n) is 17.3. The van der Waals surface area contributed by atoms with Crippen LogP contribution in [-0.4, -0.2) is 21.0 Å². The van der Waals surface area contributed by atoms with Crippen LogP contribution in [0.3, 0.4) is 0 Å². The van der Waals surface area contributed by atoms with E-state index in [1.54, 1.807) is 6.92 Å². The number of fused-ring (bicyclic) bond motifs is 1. The summed E-state index contributed by atoms with van der Waals surface area (Å²) in [4.78, 5) is 25.1. The fourth-order valence-electron chi connectivity index (χ4n) is 3.76. The van der Waals surface area contributed by atoms with Crippen molar-refractivity contribution in [1.82, 2.24) is 14.3 Å². The molecule has 2 aromatic heterocycles. The number of pyridine rings is 1. The highest BCUT2D eigenvalue weighted by atomic mass is 19.4. The first-order chi connectivity index (χ1) is 14.9. The van der Waals surface area contributed by atoms with Crippen LogP contribution in [0.15, 0.2) is 40.1 Å². The van der Waals surface area contributed by atoms with Crippen molar-refractivity contribution >= 4 is 22.3 Å². The molecule has 1 aromatic carbocycles. The number of aryl methyl sites for hydroxylation is 1. The second kappa shape index (κ2) is 7.35. The molecule has 170 valence electrons. The normalized spacial score (nSPS) is 16.2. The third kappa shape index (κ3) is 3.71. The van der Waals surface area contributed by atoms with E-state index in [0.29, 0.717) is 12.8 Å². The quantitative estimate of drug-likeness (QED) is 0.458. The minimum absolute atomic E-state index is 0.0470. The second-order valence-electron chi connectivity index (χ2n) is 8.20. The summed E-state index contributed by atoms with van der Waals surface area (Å²) in [5.74, 6) is 0.175. The molecule has 0 amide bonds. The molecule has 11 heteroatoms. The molecule has 1 atom stereocenters. The molecule has 1 saturated carbocycles. The maximum Gasteiger partial charge on any atom is 0.416 e. The van der Waals surface area contributed by atoms with Crippen LogP contribution in [0, 0.1) is 0 Å². The number of hydrogen-bond acceptors (Lipinski definition) is 5. The molecule has 32 heavy (non-hydrogen) atoms. The Hall–Kier alpha value is -3.37. The molecule has 4 rings (SSSR count). The predicted molar refractivity (Wildman–Crippen MR) is 112 cm³/mol. The van der Waals surface area contributed by atoms with Gasteiger partial charge in [-0.25, -0.2) is 9.07 Å². The molecule has 0 spiro atoms. The van der Waals surface area contributed by atoms with Gasteiger partial charge in [-0.3, -0.25) is 9.59 Å². The van der Waals surface area contributed by atoms with E-state index in [9.17, 15) is 27.2 Å². The van der Waals surface area contributed by atoms with Crippen molar-refractivity contribution in [3.8, 4) is 0 Å². The molecule has 0 aliphatic heterocycles. The molecular formula is C21H21F4N5O2. The van der Waals surface area contributed by atoms with Gasteiger partial charge in [0.2, 0.25) is 0 Å². The van der Waals surface area contributed by atoms with Gasteiger partial charge in [-0.15, -0.1) is 0 Å². The summed E-state index contributed by atoms with van der Waals surface area (Å²) in [6.07, 6.45) is -2.17. The van der Waals surface area contributed by atoms with E-state index in [4.69, 9.17) is 5.73 Å². The van der Waals surface area contributed by atoms with Gasteiger partial charge in [0.25, 0.3) is 11.1 Å². The van der Waals surface area contributed by atoms with Crippen molar-refractivity contribution in [1.29, 1.82) is 0 Å². The summed E-state index contributed by atoms with van der Waals surface area (Å²) in [6.45, 7) is 0.896. The summed E-state index contributed by atoms with van der Waals surface area (Å²) in [7, 11) is 1.40. The molecular weight excluding hydrogens is 430 g/mol. The Kier molecular flexibility index (Phi) is 5.02. The minimum Gasteiger partial charge on any atom is -0.399 e. The Labute approximate surface area is 179 Å². The molecule has 0 saturated heterocycles. The zero-order valence-corrected chi connectivity index (χ0v) is 17.3. The van der Waals surface area contributed by atoms with E-state index >= 15 is 0 Å². The Balaban J connectivity index is 1.82. The summed E-state index contributed by atoms with van der Waals surface area (Å²) < 4.78 is 55.5. The van der Waals surface area contributed by atoms with Crippen molar-refractivity contribution in [2.75, 3.05) is 17.7 Å². The Morgan fingerprint density at radius 1 is 1.19 bits per heavy atom. The molecule has 1 aliphatic carbocycles. The second-order valence-corrected chi connectivity index (χ2v) is 8.20. The summed E-state index contributed by atoms with van der Waals surface area (Å²) in [5, 5.41) is 7.56. The highest BCUT2D eigenvalue weighted by molar-refractivity contribution is 5.90. The van der Waals surface area contributed by atoms with Crippen LogP contribution < -0.4 is 22.2 Å². The van der Waals surface area contributed by atoms with E-state index < -0.39 is 41.1 Å². The standard InChI is InChI=1S/C21H21F4N5O2/c1-11(12-5-13(21(23,24)25)7-14(26)6-12)27-18-16-9-30(20(10-22)3-4-20)17(31)8-15(16)19(32)29(2)28-18/h5-9,11H,3-4,10,26H2,1-2H3,(H,27,28)/t11-/m1/s1. The molecule has 0 unspecified atom stereocenters.